The fraction of sp³-hybridized carbons (Fsp3) is 0.200. The summed E-state index contributed by atoms with van der Waals surface area (Å²) in [5.41, 5.74) is 2.03. The molecule has 0 fully saturated rings. The first kappa shape index (κ1) is 17.1. The van der Waals surface area contributed by atoms with Crippen LogP contribution in [0.3, 0.4) is 0 Å². The normalized spacial score (nSPS) is 15.8. The molecule has 0 saturated heterocycles. The summed E-state index contributed by atoms with van der Waals surface area (Å²) in [7, 11) is 0. The van der Waals surface area contributed by atoms with Gasteiger partial charge < -0.3 is 10.1 Å². The molecule has 26 heavy (non-hydrogen) atoms. The lowest BCUT2D eigenvalue weighted by Crippen LogP contribution is -2.34. The van der Waals surface area contributed by atoms with E-state index in [1.807, 2.05) is 42.5 Å². The topological polar surface area (TPSA) is 51.2 Å². The molecule has 132 valence electrons. The van der Waals surface area contributed by atoms with Gasteiger partial charge in [-0.15, -0.1) is 11.3 Å². The van der Waals surface area contributed by atoms with E-state index in [1.54, 1.807) is 6.20 Å². The van der Waals surface area contributed by atoms with Crippen LogP contribution in [0.4, 0.5) is 0 Å². The minimum Gasteiger partial charge on any atom is -0.493 e. The molecule has 0 spiro atoms. The molecule has 1 N–H and O–H groups in total. The highest BCUT2D eigenvalue weighted by atomic mass is 35.5. The zero-order valence-corrected chi connectivity index (χ0v) is 15.5. The van der Waals surface area contributed by atoms with E-state index in [9.17, 15) is 4.79 Å². The molecule has 0 saturated carbocycles. The second-order valence-corrected chi connectivity index (χ2v) is 7.65. The lowest BCUT2D eigenvalue weighted by Gasteiger charge is -2.25. The number of nitrogens with zero attached hydrogens (tertiary/aromatic N) is 1. The molecule has 1 amide bonds. The summed E-state index contributed by atoms with van der Waals surface area (Å²) in [6.45, 7) is 1.19. The number of benzene rings is 2. The average molecular weight is 385 g/mol. The third kappa shape index (κ3) is 3.59. The van der Waals surface area contributed by atoms with Gasteiger partial charge in [-0.1, -0.05) is 48.0 Å². The molecule has 1 aliphatic rings. The van der Waals surface area contributed by atoms with E-state index in [0.717, 1.165) is 22.7 Å². The van der Waals surface area contributed by atoms with Crippen LogP contribution in [0.2, 0.25) is 5.02 Å². The Morgan fingerprint density at radius 1 is 1.23 bits per heavy atom. The van der Waals surface area contributed by atoms with Crippen LogP contribution in [-0.2, 0) is 6.42 Å². The Bertz CT molecular complexity index is 941. The highest BCUT2D eigenvalue weighted by molar-refractivity contribution is 7.17. The molecule has 1 aromatic heterocycles. The average Bonchev–Trinajstić information content (AvgIpc) is 3.16. The Morgan fingerprint density at radius 2 is 2.04 bits per heavy atom. The SMILES string of the molecule is O=C(NCC1COc2ccccc2C1)c1cnc(-c2ccccc2Cl)s1. The predicted molar refractivity (Wildman–Crippen MR) is 104 cm³/mol. The van der Waals surface area contributed by atoms with Crippen molar-refractivity contribution in [2.45, 2.75) is 6.42 Å². The number of para-hydroxylation sites is 1. The first-order chi connectivity index (χ1) is 12.7. The van der Waals surface area contributed by atoms with Crippen molar-refractivity contribution in [3.05, 3.63) is 70.2 Å². The highest BCUT2D eigenvalue weighted by Crippen LogP contribution is 2.31. The molecular formula is C20H17ClN2O2S. The summed E-state index contributed by atoms with van der Waals surface area (Å²) >= 11 is 7.55. The maximum atomic E-state index is 12.4. The molecule has 0 bridgehead atoms. The third-order valence-electron chi connectivity index (χ3n) is 4.34. The molecule has 4 nitrogen and oxygen atoms in total. The Hall–Kier alpha value is -2.37. The lowest BCUT2D eigenvalue weighted by atomic mass is 9.97. The van der Waals surface area contributed by atoms with Crippen molar-refractivity contribution >= 4 is 28.8 Å². The predicted octanol–water partition coefficient (Wildman–Crippen LogP) is 4.44. The number of amides is 1. The van der Waals surface area contributed by atoms with Crippen LogP contribution < -0.4 is 10.1 Å². The van der Waals surface area contributed by atoms with Gasteiger partial charge in [0.2, 0.25) is 0 Å². The van der Waals surface area contributed by atoms with Crippen LogP contribution in [0, 0.1) is 5.92 Å². The van der Waals surface area contributed by atoms with Gasteiger partial charge in [-0.25, -0.2) is 4.98 Å². The standard InChI is InChI=1S/C20H17ClN2O2S/c21-16-7-3-2-6-15(16)20-23-11-18(26-20)19(24)22-10-13-9-14-5-1-4-8-17(14)25-12-13/h1-8,11,13H,9-10,12H2,(H,22,24). The first-order valence-corrected chi connectivity index (χ1v) is 9.60. The number of rotatable bonds is 4. The summed E-state index contributed by atoms with van der Waals surface area (Å²) in [5.74, 6) is 1.10. The molecule has 0 aliphatic carbocycles. The van der Waals surface area contributed by atoms with E-state index in [-0.39, 0.29) is 11.8 Å². The summed E-state index contributed by atoms with van der Waals surface area (Å²) in [5, 5.41) is 4.37. The number of carbonyl (C=O) groups excluding carboxylic acids is 1. The number of ether oxygens (including phenoxy) is 1. The smallest absolute Gasteiger partial charge is 0.263 e. The quantitative estimate of drug-likeness (QED) is 0.723. The van der Waals surface area contributed by atoms with Crippen molar-refractivity contribution in [1.82, 2.24) is 10.3 Å². The van der Waals surface area contributed by atoms with Crippen molar-refractivity contribution < 1.29 is 9.53 Å². The zero-order chi connectivity index (χ0) is 17.9. The Morgan fingerprint density at radius 3 is 2.92 bits per heavy atom. The first-order valence-electron chi connectivity index (χ1n) is 8.40. The summed E-state index contributed by atoms with van der Waals surface area (Å²) in [6, 6.07) is 15.5. The summed E-state index contributed by atoms with van der Waals surface area (Å²) < 4.78 is 5.77. The molecule has 4 rings (SSSR count). The fourth-order valence-corrected chi connectivity index (χ4v) is 4.14. The van der Waals surface area contributed by atoms with Crippen LogP contribution in [0.5, 0.6) is 5.75 Å². The van der Waals surface area contributed by atoms with Gasteiger partial charge in [0.15, 0.2) is 0 Å². The number of carbonyl (C=O) groups is 1. The number of thiazole rings is 1. The van der Waals surface area contributed by atoms with Crippen molar-refractivity contribution in [2.75, 3.05) is 13.2 Å². The Labute approximate surface area is 160 Å². The van der Waals surface area contributed by atoms with Gasteiger partial charge >= 0.3 is 0 Å². The van der Waals surface area contributed by atoms with Gasteiger partial charge in [-0.05, 0) is 24.1 Å². The van der Waals surface area contributed by atoms with E-state index < -0.39 is 0 Å². The monoisotopic (exact) mass is 384 g/mol. The molecule has 2 aromatic carbocycles. The van der Waals surface area contributed by atoms with Gasteiger partial charge in [0, 0.05) is 18.0 Å². The minimum atomic E-state index is -0.111. The third-order valence-corrected chi connectivity index (χ3v) is 5.70. The number of hydrogen-bond donors (Lipinski definition) is 1. The van der Waals surface area contributed by atoms with E-state index >= 15 is 0 Å². The number of halogens is 1. The Balaban J connectivity index is 1.38. The lowest BCUT2D eigenvalue weighted by molar-refractivity contribution is 0.0943. The van der Waals surface area contributed by atoms with Crippen LogP contribution in [0.25, 0.3) is 10.6 Å². The fourth-order valence-electron chi connectivity index (χ4n) is 2.98. The number of hydrogen-bond acceptors (Lipinski definition) is 4. The van der Waals surface area contributed by atoms with Gasteiger partial charge in [-0.2, -0.15) is 0 Å². The molecule has 1 aliphatic heterocycles. The summed E-state index contributed by atoms with van der Waals surface area (Å²) in [6.07, 6.45) is 2.51. The molecule has 0 radical (unpaired) electrons. The molecule has 6 heteroatoms. The van der Waals surface area contributed by atoms with Gasteiger partial charge in [-0.3, -0.25) is 4.79 Å². The van der Waals surface area contributed by atoms with Gasteiger partial charge in [0.1, 0.15) is 15.6 Å². The zero-order valence-electron chi connectivity index (χ0n) is 13.9. The largest absolute Gasteiger partial charge is 0.493 e. The van der Waals surface area contributed by atoms with E-state index in [2.05, 4.69) is 16.4 Å². The highest BCUT2D eigenvalue weighted by Gasteiger charge is 2.21. The van der Waals surface area contributed by atoms with Crippen LogP contribution in [-0.4, -0.2) is 24.0 Å². The van der Waals surface area contributed by atoms with Crippen molar-refractivity contribution in [3.63, 3.8) is 0 Å². The second-order valence-electron chi connectivity index (χ2n) is 6.21. The van der Waals surface area contributed by atoms with Crippen LogP contribution >= 0.6 is 22.9 Å². The molecule has 2 heterocycles. The van der Waals surface area contributed by atoms with E-state index in [4.69, 9.17) is 16.3 Å². The van der Waals surface area contributed by atoms with Gasteiger partial charge in [0.25, 0.3) is 5.91 Å². The van der Waals surface area contributed by atoms with Crippen molar-refractivity contribution in [2.24, 2.45) is 5.92 Å². The Kier molecular flexibility index (Phi) is 4.91. The molecule has 1 atom stereocenters. The molecule has 1 unspecified atom stereocenters. The van der Waals surface area contributed by atoms with Crippen LogP contribution in [0.1, 0.15) is 15.2 Å². The minimum absolute atomic E-state index is 0.111. The summed E-state index contributed by atoms with van der Waals surface area (Å²) in [4.78, 5) is 17.4. The number of nitrogens with one attached hydrogen (secondary N) is 1. The molecule has 3 aromatic rings. The van der Waals surface area contributed by atoms with E-state index in [1.165, 1.54) is 16.9 Å². The maximum Gasteiger partial charge on any atom is 0.263 e. The van der Waals surface area contributed by atoms with Crippen molar-refractivity contribution in [1.29, 1.82) is 0 Å². The maximum absolute atomic E-state index is 12.4. The second kappa shape index (κ2) is 7.48. The number of fused-ring (bicyclic) bond motifs is 1. The van der Waals surface area contributed by atoms with E-state index in [0.29, 0.717) is 23.1 Å². The van der Waals surface area contributed by atoms with Crippen LogP contribution in [0.15, 0.2) is 54.7 Å². The van der Waals surface area contributed by atoms with Crippen molar-refractivity contribution in [3.8, 4) is 16.3 Å². The number of aromatic nitrogens is 1. The van der Waals surface area contributed by atoms with Gasteiger partial charge in [0.05, 0.1) is 17.8 Å². The molecular weight excluding hydrogens is 368 g/mol.